The molecule has 2 aromatic heterocycles. The lowest BCUT2D eigenvalue weighted by atomic mass is 10.2. The van der Waals surface area contributed by atoms with Gasteiger partial charge in [-0.2, -0.15) is 0 Å². The van der Waals surface area contributed by atoms with Crippen molar-refractivity contribution < 1.29 is 14.1 Å². The van der Waals surface area contributed by atoms with Gasteiger partial charge in [0.25, 0.3) is 5.91 Å². The van der Waals surface area contributed by atoms with Crippen LogP contribution in [0.25, 0.3) is 0 Å². The summed E-state index contributed by atoms with van der Waals surface area (Å²) < 4.78 is 10.8. The number of nitrogens with zero attached hydrogens (tertiary/aromatic N) is 2. The first-order valence-corrected chi connectivity index (χ1v) is 7.97. The fourth-order valence-electron chi connectivity index (χ4n) is 2.46. The van der Waals surface area contributed by atoms with E-state index >= 15 is 0 Å². The van der Waals surface area contributed by atoms with Crippen molar-refractivity contribution in [1.29, 1.82) is 0 Å². The Balaban J connectivity index is 1.75. The molecule has 1 atom stereocenters. The number of aryl methyl sites for hydroxylation is 1. The average molecular weight is 306 g/mol. The minimum Gasteiger partial charge on any atom is -0.376 e. The highest BCUT2D eigenvalue weighted by molar-refractivity contribution is 7.09. The summed E-state index contributed by atoms with van der Waals surface area (Å²) in [5, 5.41) is 5.81. The van der Waals surface area contributed by atoms with E-state index in [4.69, 9.17) is 9.26 Å². The van der Waals surface area contributed by atoms with Gasteiger partial charge in [0, 0.05) is 24.1 Å². The van der Waals surface area contributed by atoms with Crippen molar-refractivity contribution in [2.75, 3.05) is 13.2 Å². The number of hydrogen-bond donors (Lipinski definition) is 0. The molecule has 0 bridgehead atoms. The van der Waals surface area contributed by atoms with Gasteiger partial charge in [-0.1, -0.05) is 11.2 Å². The third-order valence-corrected chi connectivity index (χ3v) is 4.36. The first-order valence-electron chi connectivity index (χ1n) is 7.09. The van der Waals surface area contributed by atoms with Crippen molar-refractivity contribution in [1.82, 2.24) is 10.1 Å². The number of aromatic nitrogens is 1. The van der Waals surface area contributed by atoms with E-state index in [0.29, 0.717) is 24.5 Å². The van der Waals surface area contributed by atoms with Crippen LogP contribution in [0, 0.1) is 6.92 Å². The summed E-state index contributed by atoms with van der Waals surface area (Å²) in [6, 6.07) is 5.71. The second kappa shape index (κ2) is 6.41. The molecule has 0 aromatic carbocycles. The van der Waals surface area contributed by atoms with Crippen molar-refractivity contribution in [3.05, 3.63) is 39.9 Å². The van der Waals surface area contributed by atoms with E-state index in [9.17, 15) is 4.79 Å². The Morgan fingerprint density at radius 1 is 1.57 bits per heavy atom. The zero-order valence-electron chi connectivity index (χ0n) is 11.9. The van der Waals surface area contributed by atoms with E-state index in [1.165, 1.54) is 0 Å². The van der Waals surface area contributed by atoms with Gasteiger partial charge < -0.3 is 14.2 Å². The Kier molecular flexibility index (Phi) is 4.36. The summed E-state index contributed by atoms with van der Waals surface area (Å²) in [5.41, 5.74) is 0.714. The molecule has 1 aliphatic rings. The zero-order valence-corrected chi connectivity index (χ0v) is 12.8. The first kappa shape index (κ1) is 14.3. The Labute approximate surface area is 127 Å². The molecule has 5 nitrogen and oxygen atoms in total. The predicted molar refractivity (Wildman–Crippen MR) is 79.3 cm³/mol. The van der Waals surface area contributed by atoms with Crippen LogP contribution in [0.15, 0.2) is 28.1 Å². The molecule has 0 spiro atoms. The molecular weight excluding hydrogens is 288 g/mol. The fraction of sp³-hybridized carbons (Fsp3) is 0.467. The van der Waals surface area contributed by atoms with Gasteiger partial charge in [0.15, 0.2) is 0 Å². The number of carbonyl (C=O) groups is 1. The number of rotatable bonds is 5. The summed E-state index contributed by atoms with van der Waals surface area (Å²) in [5.74, 6) is 0.168. The first-order chi connectivity index (χ1) is 10.2. The zero-order chi connectivity index (χ0) is 14.7. The quantitative estimate of drug-likeness (QED) is 0.852. The van der Waals surface area contributed by atoms with E-state index in [1.807, 2.05) is 24.4 Å². The van der Waals surface area contributed by atoms with Gasteiger partial charge >= 0.3 is 0 Å². The molecule has 6 heteroatoms. The van der Waals surface area contributed by atoms with Crippen LogP contribution in [0.5, 0.6) is 0 Å². The molecule has 3 rings (SSSR count). The summed E-state index contributed by atoms with van der Waals surface area (Å²) in [7, 11) is 0. The summed E-state index contributed by atoms with van der Waals surface area (Å²) in [6.07, 6.45) is 2.19. The van der Waals surface area contributed by atoms with Crippen LogP contribution in [0.3, 0.4) is 0 Å². The molecule has 112 valence electrons. The smallest absolute Gasteiger partial charge is 0.292 e. The van der Waals surface area contributed by atoms with Crippen LogP contribution in [0.4, 0.5) is 0 Å². The van der Waals surface area contributed by atoms with Crippen LogP contribution in [-0.4, -0.2) is 35.2 Å². The largest absolute Gasteiger partial charge is 0.376 e. The topological polar surface area (TPSA) is 55.6 Å². The fourth-order valence-corrected chi connectivity index (χ4v) is 3.18. The third kappa shape index (κ3) is 3.51. The molecule has 1 unspecified atom stereocenters. The van der Waals surface area contributed by atoms with Gasteiger partial charge in [0.05, 0.1) is 18.3 Å². The standard InChI is InChI=1S/C15H18N2O3S/c1-11-8-14(20-16-11)15(18)17(9-12-4-2-6-19-12)10-13-5-3-7-21-13/h3,5,7-8,12H,2,4,6,9-10H2,1H3. The van der Waals surface area contributed by atoms with Crippen LogP contribution >= 0.6 is 11.3 Å². The molecule has 0 aliphatic carbocycles. The molecule has 0 N–H and O–H groups in total. The molecule has 1 aliphatic heterocycles. The second-order valence-electron chi connectivity index (χ2n) is 5.23. The minimum atomic E-state index is -0.125. The number of ether oxygens (including phenoxy) is 1. The van der Waals surface area contributed by atoms with Crippen LogP contribution in [0.1, 0.15) is 34.0 Å². The molecule has 1 amide bonds. The number of carbonyl (C=O) groups excluding carboxylic acids is 1. The molecule has 3 heterocycles. The monoisotopic (exact) mass is 306 g/mol. The third-order valence-electron chi connectivity index (χ3n) is 3.50. The van der Waals surface area contributed by atoms with Gasteiger partial charge in [-0.05, 0) is 31.2 Å². The minimum absolute atomic E-state index is 0.123. The highest BCUT2D eigenvalue weighted by atomic mass is 32.1. The van der Waals surface area contributed by atoms with E-state index in [-0.39, 0.29) is 12.0 Å². The molecular formula is C15H18N2O3S. The Bertz CT molecular complexity index is 588. The van der Waals surface area contributed by atoms with Gasteiger partial charge in [0.2, 0.25) is 5.76 Å². The van der Waals surface area contributed by atoms with E-state index in [2.05, 4.69) is 5.16 Å². The molecule has 0 radical (unpaired) electrons. The molecule has 21 heavy (non-hydrogen) atoms. The summed E-state index contributed by atoms with van der Waals surface area (Å²) in [4.78, 5) is 15.6. The number of thiophene rings is 1. The maximum atomic E-state index is 12.6. The van der Waals surface area contributed by atoms with Gasteiger partial charge in [-0.25, -0.2) is 0 Å². The second-order valence-corrected chi connectivity index (χ2v) is 6.26. The lowest BCUT2D eigenvalue weighted by Gasteiger charge is -2.23. The van der Waals surface area contributed by atoms with Crippen molar-refractivity contribution in [3.63, 3.8) is 0 Å². The van der Waals surface area contributed by atoms with Crippen molar-refractivity contribution in [2.24, 2.45) is 0 Å². The van der Waals surface area contributed by atoms with Crippen LogP contribution < -0.4 is 0 Å². The molecule has 1 fully saturated rings. The van der Waals surface area contributed by atoms with E-state index < -0.39 is 0 Å². The number of amides is 1. The number of hydrogen-bond acceptors (Lipinski definition) is 5. The predicted octanol–water partition coefficient (Wildman–Crippen LogP) is 2.87. The summed E-state index contributed by atoms with van der Waals surface area (Å²) >= 11 is 1.65. The Morgan fingerprint density at radius 3 is 3.10 bits per heavy atom. The highest BCUT2D eigenvalue weighted by Crippen LogP contribution is 2.19. The van der Waals surface area contributed by atoms with Gasteiger partial charge in [-0.15, -0.1) is 11.3 Å². The van der Waals surface area contributed by atoms with Crippen molar-refractivity contribution in [2.45, 2.75) is 32.4 Å². The Hall–Kier alpha value is -1.66. The lowest BCUT2D eigenvalue weighted by Crippen LogP contribution is -2.36. The highest BCUT2D eigenvalue weighted by Gasteiger charge is 2.26. The van der Waals surface area contributed by atoms with Crippen molar-refractivity contribution >= 4 is 17.2 Å². The molecule has 2 aromatic rings. The normalized spacial score (nSPS) is 18.0. The van der Waals surface area contributed by atoms with Crippen molar-refractivity contribution in [3.8, 4) is 0 Å². The van der Waals surface area contributed by atoms with Gasteiger partial charge in [0.1, 0.15) is 0 Å². The lowest BCUT2D eigenvalue weighted by molar-refractivity contribution is 0.0479. The Morgan fingerprint density at radius 2 is 2.48 bits per heavy atom. The maximum absolute atomic E-state index is 12.6. The van der Waals surface area contributed by atoms with E-state index in [1.54, 1.807) is 22.3 Å². The van der Waals surface area contributed by atoms with Crippen LogP contribution in [-0.2, 0) is 11.3 Å². The van der Waals surface area contributed by atoms with E-state index in [0.717, 1.165) is 24.3 Å². The maximum Gasteiger partial charge on any atom is 0.292 e. The average Bonchev–Trinajstić information content (AvgIpc) is 3.19. The van der Waals surface area contributed by atoms with Gasteiger partial charge in [-0.3, -0.25) is 4.79 Å². The summed E-state index contributed by atoms with van der Waals surface area (Å²) in [6.45, 7) is 3.77. The van der Waals surface area contributed by atoms with Crippen LogP contribution in [0.2, 0.25) is 0 Å². The molecule has 0 saturated carbocycles. The molecule has 1 saturated heterocycles. The SMILES string of the molecule is Cc1cc(C(=O)N(Cc2cccs2)CC2CCCO2)on1.